The molecule has 0 aliphatic rings. The Balaban J connectivity index is 1.51. The van der Waals surface area contributed by atoms with Crippen LogP contribution in [0.2, 0.25) is 5.02 Å². The van der Waals surface area contributed by atoms with Gasteiger partial charge in [-0.05, 0) is 30.2 Å². The number of fused-ring (bicyclic) bond motifs is 1. The number of hydrogen-bond donors (Lipinski definition) is 1. The molecule has 0 aliphatic carbocycles. The van der Waals surface area contributed by atoms with Gasteiger partial charge in [-0.15, -0.1) is 0 Å². The van der Waals surface area contributed by atoms with E-state index in [1.54, 1.807) is 17.1 Å². The molecule has 0 saturated heterocycles. The van der Waals surface area contributed by atoms with Gasteiger partial charge in [0.25, 0.3) is 5.91 Å². The maximum absolute atomic E-state index is 12.5. The van der Waals surface area contributed by atoms with Gasteiger partial charge in [-0.2, -0.15) is 5.10 Å². The molecule has 2 aromatic heterocycles. The molecule has 1 amide bonds. The Morgan fingerprint density at radius 3 is 2.88 bits per heavy atom. The molecular weight excluding hydrogens is 368 g/mol. The van der Waals surface area contributed by atoms with Gasteiger partial charge in [-0.25, -0.2) is 4.98 Å². The summed E-state index contributed by atoms with van der Waals surface area (Å²) in [4.78, 5) is 17.0. The second-order valence-corrected chi connectivity index (χ2v) is 7.35. The molecule has 0 aliphatic heterocycles. The van der Waals surface area contributed by atoms with Crippen LogP contribution in [-0.4, -0.2) is 20.7 Å². The summed E-state index contributed by atoms with van der Waals surface area (Å²) in [5.74, 6) is -0.230. The van der Waals surface area contributed by atoms with Crippen molar-refractivity contribution in [3.05, 3.63) is 76.6 Å². The molecule has 0 saturated carbocycles. The average Bonchev–Trinajstić information content (AvgIpc) is 3.24. The highest BCUT2D eigenvalue weighted by Gasteiger charge is 2.13. The molecular formula is C19H15ClN4OS. The quantitative estimate of drug-likeness (QED) is 0.553. The number of anilines is 1. The van der Waals surface area contributed by atoms with Crippen molar-refractivity contribution in [2.75, 3.05) is 5.32 Å². The van der Waals surface area contributed by atoms with Gasteiger partial charge in [0.15, 0.2) is 5.13 Å². The van der Waals surface area contributed by atoms with Crippen LogP contribution in [-0.2, 0) is 6.54 Å². The van der Waals surface area contributed by atoms with Gasteiger partial charge in [0.2, 0.25) is 0 Å². The standard InChI is InChI=1S/C19H15ClN4OS/c1-12-5-4-8-16-17(12)22-19(26-16)23-18(25)14-9-21-24(11-14)10-13-6-2-3-7-15(13)20/h2-9,11H,10H2,1H3,(H,22,23,25). The first-order chi connectivity index (χ1) is 12.6. The van der Waals surface area contributed by atoms with E-state index in [2.05, 4.69) is 15.4 Å². The number of carbonyl (C=O) groups excluding carboxylic acids is 1. The van der Waals surface area contributed by atoms with Crippen LogP contribution in [0.1, 0.15) is 21.5 Å². The second kappa shape index (κ2) is 6.90. The van der Waals surface area contributed by atoms with E-state index in [0.717, 1.165) is 21.3 Å². The largest absolute Gasteiger partial charge is 0.298 e. The molecule has 5 nitrogen and oxygen atoms in total. The molecule has 26 heavy (non-hydrogen) atoms. The fourth-order valence-electron chi connectivity index (χ4n) is 2.68. The second-order valence-electron chi connectivity index (χ2n) is 5.91. The van der Waals surface area contributed by atoms with Crippen molar-refractivity contribution in [2.45, 2.75) is 13.5 Å². The number of rotatable bonds is 4. The lowest BCUT2D eigenvalue weighted by molar-refractivity contribution is 0.102. The van der Waals surface area contributed by atoms with Crippen LogP contribution >= 0.6 is 22.9 Å². The van der Waals surface area contributed by atoms with E-state index in [0.29, 0.717) is 22.3 Å². The summed E-state index contributed by atoms with van der Waals surface area (Å²) in [6.07, 6.45) is 3.25. The minimum absolute atomic E-state index is 0.230. The maximum Gasteiger partial charge on any atom is 0.260 e. The van der Waals surface area contributed by atoms with Crippen LogP contribution in [0.15, 0.2) is 54.9 Å². The van der Waals surface area contributed by atoms with Crippen LogP contribution in [0.5, 0.6) is 0 Å². The third kappa shape index (κ3) is 3.34. The van der Waals surface area contributed by atoms with Crippen LogP contribution in [0.4, 0.5) is 5.13 Å². The van der Waals surface area contributed by atoms with Gasteiger partial charge in [0.1, 0.15) is 0 Å². The van der Waals surface area contributed by atoms with Crippen molar-refractivity contribution in [3.63, 3.8) is 0 Å². The number of benzene rings is 2. The Morgan fingerprint density at radius 2 is 2.08 bits per heavy atom. The molecule has 2 aromatic carbocycles. The highest BCUT2D eigenvalue weighted by molar-refractivity contribution is 7.22. The zero-order chi connectivity index (χ0) is 18.1. The third-order valence-corrected chi connectivity index (χ3v) is 5.33. The van der Waals surface area contributed by atoms with Gasteiger partial charge in [0, 0.05) is 11.2 Å². The Bertz CT molecular complexity index is 1100. The summed E-state index contributed by atoms with van der Waals surface area (Å²) in [6, 6.07) is 13.6. The molecule has 2 heterocycles. The Morgan fingerprint density at radius 1 is 1.23 bits per heavy atom. The summed E-state index contributed by atoms with van der Waals surface area (Å²) in [7, 11) is 0. The number of carbonyl (C=O) groups is 1. The number of thiazole rings is 1. The maximum atomic E-state index is 12.5. The normalized spacial score (nSPS) is 11.0. The minimum Gasteiger partial charge on any atom is -0.298 e. The number of nitrogens with one attached hydrogen (secondary N) is 1. The molecule has 4 aromatic rings. The van der Waals surface area contributed by atoms with Gasteiger partial charge >= 0.3 is 0 Å². The number of aryl methyl sites for hydroxylation is 1. The van der Waals surface area contributed by atoms with Crippen molar-refractivity contribution in [3.8, 4) is 0 Å². The van der Waals surface area contributed by atoms with Gasteiger partial charge < -0.3 is 0 Å². The fourth-order valence-corrected chi connectivity index (χ4v) is 3.81. The molecule has 0 atom stereocenters. The molecule has 0 unspecified atom stereocenters. The van der Waals surface area contributed by atoms with Crippen molar-refractivity contribution < 1.29 is 4.79 Å². The van der Waals surface area contributed by atoms with Gasteiger partial charge in [-0.1, -0.05) is 53.3 Å². The molecule has 0 bridgehead atoms. The molecule has 1 N–H and O–H groups in total. The molecule has 0 fully saturated rings. The molecule has 7 heteroatoms. The van der Waals surface area contributed by atoms with Crippen molar-refractivity contribution in [1.82, 2.24) is 14.8 Å². The van der Waals surface area contributed by atoms with Crippen LogP contribution < -0.4 is 5.32 Å². The van der Waals surface area contributed by atoms with E-state index >= 15 is 0 Å². The summed E-state index contributed by atoms with van der Waals surface area (Å²) in [6.45, 7) is 2.51. The summed E-state index contributed by atoms with van der Waals surface area (Å²) >= 11 is 7.63. The number of hydrogen-bond acceptors (Lipinski definition) is 4. The van der Waals surface area contributed by atoms with Gasteiger partial charge in [0.05, 0.1) is 28.5 Å². The van der Waals surface area contributed by atoms with E-state index < -0.39 is 0 Å². The smallest absolute Gasteiger partial charge is 0.260 e. The Kier molecular flexibility index (Phi) is 4.44. The van der Waals surface area contributed by atoms with Crippen LogP contribution in [0.3, 0.4) is 0 Å². The lowest BCUT2D eigenvalue weighted by Crippen LogP contribution is -2.11. The molecule has 0 spiro atoms. The van der Waals surface area contributed by atoms with Crippen molar-refractivity contribution in [1.29, 1.82) is 0 Å². The van der Waals surface area contributed by atoms with Crippen LogP contribution in [0.25, 0.3) is 10.2 Å². The number of para-hydroxylation sites is 1. The van der Waals surface area contributed by atoms with E-state index in [1.807, 2.05) is 49.4 Å². The number of aromatic nitrogens is 3. The Labute approximate surface area is 159 Å². The van der Waals surface area contributed by atoms with Gasteiger partial charge in [-0.3, -0.25) is 14.8 Å². The lowest BCUT2D eigenvalue weighted by atomic mass is 10.2. The minimum atomic E-state index is -0.230. The molecule has 130 valence electrons. The van der Waals surface area contributed by atoms with E-state index in [9.17, 15) is 4.79 Å². The van der Waals surface area contributed by atoms with Crippen LogP contribution in [0, 0.1) is 6.92 Å². The van der Waals surface area contributed by atoms with Crippen molar-refractivity contribution >= 4 is 44.2 Å². The highest BCUT2D eigenvalue weighted by atomic mass is 35.5. The van der Waals surface area contributed by atoms with E-state index in [1.165, 1.54) is 11.3 Å². The summed E-state index contributed by atoms with van der Waals surface area (Å²) < 4.78 is 2.74. The first kappa shape index (κ1) is 16.8. The van der Waals surface area contributed by atoms with E-state index in [-0.39, 0.29) is 5.91 Å². The number of amides is 1. The zero-order valence-corrected chi connectivity index (χ0v) is 15.5. The monoisotopic (exact) mass is 382 g/mol. The first-order valence-corrected chi connectivity index (χ1v) is 9.23. The summed E-state index contributed by atoms with van der Waals surface area (Å²) in [5.41, 5.74) is 3.44. The first-order valence-electron chi connectivity index (χ1n) is 8.03. The molecule has 4 rings (SSSR count). The predicted octanol–water partition coefficient (Wildman–Crippen LogP) is 4.76. The molecule has 0 radical (unpaired) electrons. The lowest BCUT2D eigenvalue weighted by Gasteiger charge is -2.03. The SMILES string of the molecule is Cc1cccc2sc(NC(=O)c3cnn(Cc4ccccc4Cl)c3)nc12. The average molecular weight is 383 g/mol. The number of halogens is 1. The summed E-state index contributed by atoms with van der Waals surface area (Å²) in [5, 5.41) is 8.37. The topological polar surface area (TPSA) is 59.8 Å². The van der Waals surface area contributed by atoms with E-state index in [4.69, 9.17) is 11.6 Å². The Hall–Kier alpha value is -2.70. The number of nitrogens with zero attached hydrogens (tertiary/aromatic N) is 3. The third-order valence-electron chi connectivity index (χ3n) is 4.03. The highest BCUT2D eigenvalue weighted by Crippen LogP contribution is 2.28. The van der Waals surface area contributed by atoms with Crippen molar-refractivity contribution in [2.24, 2.45) is 0 Å². The zero-order valence-electron chi connectivity index (χ0n) is 13.9. The predicted molar refractivity (Wildman–Crippen MR) is 105 cm³/mol. The fraction of sp³-hybridized carbons (Fsp3) is 0.105.